The molecule has 1 heterocycles. The summed E-state index contributed by atoms with van der Waals surface area (Å²) >= 11 is 0. The number of carbonyl (C=O) groups is 2. The summed E-state index contributed by atoms with van der Waals surface area (Å²) in [5, 5.41) is 8.84. The molecule has 0 radical (unpaired) electrons. The van der Waals surface area contributed by atoms with E-state index in [9.17, 15) is 9.59 Å². The van der Waals surface area contributed by atoms with Crippen LogP contribution in [-0.2, 0) is 9.59 Å². The van der Waals surface area contributed by atoms with Gasteiger partial charge < -0.3 is 16.0 Å². The van der Waals surface area contributed by atoms with Gasteiger partial charge in [-0.15, -0.1) is 12.4 Å². The van der Waals surface area contributed by atoms with Crippen LogP contribution in [0.5, 0.6) is 0 Å². The average Bonchev–Trinajstić information content (AvgIpc) is 2.95. The Bertz CT molecular complexity index is 482. The first-order chi connectivity index (χ1) is 9.56. The Morgan fingerprint density at radius 1 is 1.14 bits per heavy atom. The molecule has 0 aromatic heterocycles. The monoisotopic (exact) mass is 311 g/mol. The van der Waals surface area contributed by atoms with Gasteiger partial charge in [0.25, 0.3) is 0 Å². The molecular weight excluding hydrogens is 290 g/mol. The maximum absolute atomic E-state index is 11.9. The van der Waals surface area contributed by atoms with E-state index in [0.29, 0.717) is 0 Å². The molecule has 1 fully saturated rings. The third-order valence-corrected chi connectivity index (χ3v) is 3.32. The van der Waals surface area contributed by atoms with Gasteiger partial charge in [-0.1, -0.05) is 13.8 Å². The fourth-order valence-electron chi connectivity index (χ4n) is 2.06. The summed E-state index contributed by atoms with van der Waals surface area (Å²) in [6.45, 7) is 4.59. The van der Waals surface area contributed by atoms with Gasteiger partial charge in [0.1, 0.15) is 0 Å². The van der Waals surface area contributed by atoms with Gasteiger partial charge in [-0.3, -0.25) is 9.59 Å². The molecule has 21 heavy (non-hydrogen) atoms. The Morgan fingerprint density at radius 2 is 1.71 bits per heavy atom. The highest BCUT2D eigenvalue weighted by molar-refractivity contribution is 5.96. The summed E-state index contributed by atoms with van der Waals surface area (Å²) in [5.41, 5.74) is 1.48. The number of carbonyl (C=O) groups excluding carboxylic acids is 2. The molecule has 1 aromatic rings. The summed E-state index contributed by atoms with van der Waals surface area (Å²) in [7, 11) is 0. The van der Waals surface area contributed by atoms with E-state index in [1.807, 2.05) is 13.8 Å². The van der Waals surface area contributed by atoms with Crippen molar-refractivity contribution < 1.29 is 9.59 Å². The Labute approximate surface area is 131 Å². The van der Waals surface area contributed by atoms with Gasteiger partial charge in [0.15, 0.2) is 0 Å². The Morgan fingerprint density at radius 3 is 2.19 bits per heavy atom. The number of amides is 2. The second kappa shape index (κ2) is 8.00. The molecule has 0 spiro atoms. The zero-order chi connectivity index (χ0) is 14.5. The lowest BCUT2D eigenvalue weighted by atomic mass is 10.2. The van der Waals surface area contributed by atoms with Gasteiger partial charge >= 0.3 is 0 Å². The predicted molar refractivity (Wildman–Crippen MR) is 86.8 cm³/mol. The van der Waals surface area contributed by atoms with Crippen molar-refractivity contribution in [3.05, 3.63) is 24.3 Å². The topological polar surface area (TPSA) is 70.2 Å². The van der Waals surface area contributed by atoms with E-state index >= 15 is 0 Å². The largest absolute Gasteiger partial charge is 0.326 e. The van der Waals surface area contributed by atoms with E-state index in [4.69, 9.17) is 0 Å². The lowest BCUT2D eigenvalue weighted by Gasteiger charge is -2.12. The summed E-state index contributed by atoms with van der Waals surface area (Å²) < 4.78 is 0. The van der Waals surface area contributed by atoms with Crippen molar-refractivity contribution in [3.63, 3.8) is 0 Å². The van der Waals surface area contributed by atoms with E-state index in [1.165, 1.54) is 0 Å². The van der Waals surface area contributed by atoms with Crippen molar-refractivity contribution >= 4 is 35.6 Å². The molecule has 6 heteroatoms. The van der Waals surface area contributed by atoms with Crippen LogP contribution in [0, 0.1) is 5.92 Å². The van der Waals surface area contributed by atoms with E-state index in [1.54, 1.807) is 24.3 Å². The van der Waals surface area contributed by atoms with E-state index in [2.05, 4.69) is 16.0 Å². The highest BCUT2D eigenvalue weighted by Gasteiger charge is 2.21. The fourth-order valence-corrected chi connectivity index (χ4v) is 2.06. The van der Waals surface area contributed by atoms with E-state index < -0.39 is 0 Å². The highest BCUT2D eigenvalue weighted by Crippen LogP contribution is 2.15. The van der Waals surface area contributed by atoms with E-state index in [0.717, 1.165) is 30.8 Å². The molecule has 1 atom stereocenters. The van der Waals surface area contributed by atoms with Crippen LogP contribution in [0.1, 0.15) is 26.7 Å². The van der Waals surface area contributed by atoms with Gasteiger partial charge in [-0.2, -0.15) is 0 Å². The Hall–Kier alpha value is -1.59. The normalized spacial score (nSPS) is 17.2. The molecule has 3 N–H and O–H groups in total. The molecule has 1 aliphatic heterocycles. The molecule has 1 saturated heterocycles. The third-order valence-electron chi connectivity index (χ3n) is 3.32. The van der Waals surface area contributed by atoms with Crippen LogP contribution in [0.2, 0.25) is 0 Å². The lowest BCUT2D eigenvalue weighted by molar-refractivity contribution is -0.119. The quantitative estimate of drug-likeness (QED) is 0.799. The summed E-state index contributed by atoms with van der Waals surface area (Å²) in [5.74, 6) is -0.0683. The number of hydrogen-bond acceptors (Lipinski definition) is 3. The minimum Gasteiger partial charge on any atom is -0.326 e. The molecule has 0 bridgehead atoms. The van der Waals surface area contributed by atoms with Gasteiger partial charge in [0, 0.05) is 17.3 Å². The van der Waals surface area contributed by atoms with Crippen LogP contribution >= 0.6 is 12.4 Å². The third kappa shape index (κ3) is 5.02. The predicted octanol–water partition coefficient (Wildman–Crippen LogP) is 2.39. The van der Waals surface area contributed by atoms with Crippen molar-refractivity contribution in [2.45, 2.75) is 32.7 Å². The Balaban J connectivity index is 0.00000220. The molecule has 2 rings (SSSR count). The van der Waals surface area contributed by atoms with Crippen LogP contribution in [0.15, 0.2) is 24.3 Å². The molecule has 5 nitrogen and oxygen atoms in total. The minimum absolute atomic E-state index is 0. The number of rotatable bonds is 4. The van der Waals surface area contributed by atoms with Gasteiger partial charge in [0.2, 0.25) is 11.8 Å². The average molecular weight is 312 g/mol. The smallest absolute Gasteiger partial charge is 0.241 e. The molecule has 0 aliphatic carbocycles. The number of benzene rings is 1. The van der Waals surface area contributed by atoms with Gasteiger partial charge in [-0.25, -0.2) is 0 Å². The molecule has 116 valence electrons. The van der Waals surface area contributed by atoms with Crippen molar-refractivity contribution in [1.82, 2.24) is 5.32 Å². The maximum atomic E-state index is 11.9. The van der Waals surface area contributed by atoms with Gasteiger partial charge in [0.05, 0.1) is 6.04 Å². The lowest BCUT2D eigenvalue weighted by Crippen LogP contribution is -2.35. The second-order valence-corrected chi connectivity index (χ2v) is 5.36. The SMILES string of the molecule is CC(C)C(=O)Nc1ccc(NC(=O)[C@@H]2CCCN2)cc1.Cl. The summed E-state index contributed by atoms with van der Waals surface area (Å²) in [6, 6.07) is 7.08. The van der Waals surface area contributed by atoms with Crippen LogP contribution in [0.25, 0.3) is 0 Å². The Kier molecular flexibility index (Phi) is 6.65. The van der Waals surface area contributed by atoms with Crippen LogP contribution < -0.4 is 16.0 Å². The first-order valence-corrected chi connectivity index (χ1v) is 7.01. The minimum atomic E-state index is -0.0877. The van der Waals surface area contributed by atoms with Crippen molar-refractivity contribution in [2.75, 3.05) is 17.2 Å². The molecule has 2 amide bonds. The fraction of sp³-hybridized carbons (Fsp3) is 0.467. The maximum Gasteiger partial charge on any atom is 0.241 e. The van der Waals surface area contributed by atoms with Crippen LogP contribution in [-0.4, -0.2) is 24.4 Å². The van der Waals surface area contributed by atoms with Crippen LogP contribution in [0.3, 0.4) is 0 Å². The first kappa shape index (κ1) is 17.5. The van der Waals surface area contributed by atoms with Gasteiger partial charge in [-0.05, 0) is 43.7 Å². The summed E-state index contributed by atoms with van der Waals surface area (Å²) in [4.78, 5) is 23.5. The van der Waals surface area contributed by atoms with Crippen LogP contribution in [0.4, 0.5) is 11.4 Å². The number of anilines is 2. The van der Waals surface area contributed by atoms with Crippen molar-refractivity contribution in [2.24, 2.45) is 5.92 Å². The molecule has 1 aliphatic rings. The standard InChI is InChI=1S/C15H21N3O2.ClH/c1-10(2)14(19)17-11-5-7-12(8-6-11)18-15(20)13-4-3-9-16-13;/h5-8,10,13,16H,3-4,9H2,1-2H3,(H,17,19)(H,18,20);1H/t13-;/m0./s1. The number of hydrogen-bond donors (Lipinski definition) is 3. The molecular formula is C15H22ClN3O2. The highest BCUT2D eigenvalue weighted by atomic mass is 35.5. The second-order valence-electron chi connectivity index (χ2n) is 5.36. The zero-order valence-electron chi connectivity index (χ0n) is 12.3. The molecule has 0 unspecified atom stereocenters. The number of nitrogens with one attached hydrogen (secondary N) is 3. The first-order valence-electron chi connectivity index (χ1n) is 7.01. The zero-order valence-corrected chi connectivity index (χ0v) is 13.1. The van der Waals surface area contributed by atoms with Crippen molar-refractivity contribution in [3.8, 4) is 0 Å². The van der Waals surface area contributed by atoms with E-state index in [-0.39, 0.29) is 36.2 Å². The molecule has 0 saturated carbocycles. The number of halogens is 1. The van der Waals surface area contributed by atoms with Crippen molar-refractivity contribution in [1.29, 1.82) is 0 Å². The summed E-state index contributed by atoms with van der Waals surface area (Å²) in [6.07, 6.45) is 1.92. The molecule has 1 aromatic carbocycles.